The Labute approximate surface area is 95.9 Å². The lowest BCUT2D eigenvalue weighted by Gasteiger charge is -2.10. The first-order valence-corrected chi connectivity index (χ1v) is 4.96. The topological polar surface area (TPSA) is 107 Å². The molecule has 7 heteroatoms. The van der Waals surface area contributed by atoms with Crippen molar-refractivity contribution in [2.24, 2.45) is 4.99 Å². The third-order valence-corrected chi connectivity index (χ3v) is 2.35. The van der Waals surface area contributed by atoms with Crippen molar-refractivity contribution in [3.8, 4) is 11.1 Å². The Bertz CT molecular complexity index is 629. The lowest BCUT2D eigenvalue weighted by molar-refractivity contribution is -0.0167. The fourth-order valence-electron chi connectivity index (χ4n) is 1.56. The van der Waals surface area contributed by atoms with Crippen LogP contribution in [0, 0.1) is 5.41 Å². The highest BCUT2D eigenvalue weighted by atomic mass is 16.6. The Morgan fingerprint density at radius 3 is 2.41 bits per heavy atom. The Balaban J connectivity index is 2.78. The van der Waals surface area contributed by atoms with E-state index in [-0.39, 0.29) is 18.5 Å². The van der Waals surface area contributed by atoms with Crippen LogP contribution in [-0.2, 0) is 0 Å². The number of nitrogens with zero attached hydrogens (tertiary/aromatic N) is 3. The first-order chi connectivity index (χ1) is 8.13. The van der Waals surface area contributed by atoms with Crippen molar-refractivity contribution in [2.45, 2.75) is 0 Å². The van der Waals surface area contributed by atoms with E-state index >= 15 is 0 Å². The predicted octanol–water partition coefficient (Wildman–Crippen LogP) is -0.759. The maximum atomic E-state index is 9.34. The van der Waals surface area contributed by atoms with Crippen molar-refractivity contribution in [1.29, 1.82) is 5.41 Å². The summed E-state index contributed by atoms with van der Waals surface area (Å²) in [5.74, 6) is 0. The van der Waals surface area contributed by atoms with Gasteiger partial charge in [-0.05, 0) is 12.1 Å². The molecule has 1 heterocycles. The Morgan fingerprint density at radius 2 is 1.76 bits per heavy atom. The highest BCUT2D eigenvalue weighted by Crippen LogP contribution is 2.10. The Hall–Kier alpha value is -2.28. The number of aliphatic hydroxyl groups is 1. The number of hydrogen-bond acceptors (Lipinski definition) is 5. The zero-order valence-corrected chi connectivity index (χ0v) is 8.91. The monoisotopic (exact) mass is 236 g/mol. The van der Waals surface area contributed by atoms with E-state index in [9.17, 15) is 10.4 Å². The van der Waals surface area contributed by atoms with Crippen LogP contribution in [-0.4, -0.2) is 38.4 Å². The van der Waals surface area contributed by atoms with Crippen LogP contribution in [0.25, 0.3) is 11.1 Å². The van der Waals surface area contributed by atoms with Gasteiger partial charge >= 0.3 is 0 Å². The average Bonchev–Trinajstić information content (AvgIpc) is 2.31. The van der Waals surface area contributed by atoms with Crippen molar-refractivity contribution < 1.29 is 15.5 Å². The maximum absolute atomic E-state index is 9.34. The van der Waals surface area contributed by atoms with Crippen LogP contribution in [0.4, 0.5) is 0 Å². The summed E-state index contributed by atoms with van der Waals surface area (Å²) < 4.78 is 0. The molecule has 17 heavy (non-hydrogen) atoms. The largest absolute Gasteiger partial charge is 0.411 e. The van der Waals surface area contributed by atoms with Crippen LogP contribution in [0.3, 0.4) is 0 Å². The molecule has 0 bridgehead atoms. The highest BCUT2D eigenvalue weighted by Gasteiger charge is 2.09. The molecule has 0 atom stereocenters. The number of aliphatic hydroxyl groups excluding tert-OH is 1. The summed E-state index contributed by atoms with van der Waals surface area (Å²) in [7, 11) is 0. The lowest BCUT2D eigenvalue weighted by Crippen LogP contribution is -2.22. The van der Waals surface area contributed by atoms with Gasteiger partial charge in [0.25, 0.3) is 0 Å². The van der Waals surface area contributed by atoms with E-state index < -0.39 is 0 Å². The van der Waals surface area contributed by atoms with Crippen LogP contribution in [0.1, 0.15) is 0 Å². The van der Waals surface area contributed by atoms with Crippen LogP contribution in [0.5, 0.6) is 0 Å². The van der Waals surface area contributed by atoms with E-state index in [1.54, 1.807) is 12.1 Å². The van der Waals surface area contributed by atoms with Crippen molar-refractivity contribution in [3.05, 3.63) is 35.2 Å². The van der Waals surface area contributed by atoms with Crippen molar-refractivity contribution in [3.63, 3.8) is 0 Å². The van der Waals surface area contributed by atoms with Crippen molar-refractivity contribution in [1.82, 2.24) is 9.69 Å². The molecule has 2 rings (SSSR count). The molecule has 1 aliphatic heterocycles. The van der Waals surface area contributed by atoms with Crippen LogP contribution < -0.4 is 10.7 Å². The number of aromatic nitrogens is 2. The highest BCUT2D eigenvalue weighted by molar-refractivity contribution is 5.61. The number of hydrogen-bond donors (Lipinski definition) is 4. The molecule has 0 aromatic heterocycles. The average molecular weight is 236 g/mol. The fourth-order valence-corrected chi connectivity index (χ4v) is 1.56. The Morgan fingerprint density at radius 1 is 1.12 bits per heavy atom. The first kappa shape index (κ1) is 11.2. The molecular weight excluding hydrogens is 224 g/mol. The van der Waals surface area contributed by atoms with Gasteiger partial charge in [-0.25, -0.2) is 0 Å². The molecule has 7 nitrogen and oxygen atoms in total. The van der Waals surface area contributed by atoms with Gasteiger partial charge in [0.15, 0.2) is 0 Å². The minimum absolute atomic E-state index is 0.0733. The van der Waals surface area contributed by atoms with E-state index in [4.69, 9.17) is 10.5 Å². The summed E-state index contributed by atoms with van der Waals surface area (Å²) in [4.78, 5) is 5.07. The first-order valence-electron chi connectivity index (χ1n) is 4.96. The summed E-state index contributed by atoms with van der Waals surface area (Å²) in [5.41, 5.74) is 0.982. The molecule has 0 saturated carbocycles. The van der Waals surface area contributed by atoms with E-state index in [1.807, 2.05) is 0 Å². The number of benzene rings is 1. The summed E-state index contributed by atoms with van der Waals surface area (Å²) >= 11 is 0. The zero-order valence-electron chi connectivity index (χ0n) is 8.91. The number of nitrogens with one attached hydrogen (secondary N) is 1. The van der Waals surface area contributed by atoms with E-state index in [0.29, 0.717) is 26.2 Å². The SMILES string of the molecule is N=c1ccc(=NCCO)c2cn(O)n(O)cc1-2. The molecule has 0 aromatic carbocycles. The molecule has 0 amide bonds. The number of fused-ring (bicyclic) bond motifs is 1. The molecule has 0 aromatic rings. The zero-order chi connectivity index (χ0) is 12.4. The molecular formula is C10H12N4O3. The third-order valence-electron chi connectivity index (χ3n) is 2.35. The minimum Gasteiger partial charge on any atom is -0.411 e. The summed E-state index contributed by atoms with van der Waals surface area (Å²) in [6.45, 7) is 0.169. The van der Waals surface area contributed by atoms with Crippen molar-refractivity contribution >= 4 is 0 Å². The van der Waals surface area contributed by atoms with E-state index in [1.165, 1.54) is 12.4 Å². The van der Waals surface area contributed by atoms with Gasteiger partial charge < -0.3 is 20.9 Å². The maximum Gasteiger partial charge on any atom is 0.0762 e. The smallest absolute Gasteiger partial charge is 0.0762 e. The Kier molecular flexibility index (Phi) is 2.84. The quantitative estimate of drug-likeness (QED) is 0.515. The van der Waals surface area contributed by atoms with Crippen molar-refractivity contribution in [2.75, 3.05) is 13.2 Å². The van der Waals surface area contributed by atoms with Crippen LogP contribution >= 0.6 is 0 Å². The minimum atomic E-state index is -0.0733. The molecule has 0 saturated heterocycles. The van der Waals surface area contributed by atoms with Crippen LogP contribution in [0.15, 0.2) is 29.5 Å². The van der Waals surface area contributed by atoms with Gasteiger partial charge in [-0.3, -0.25) is 4.99 Å². The fraction of sp³-hybridized carbons (Fsp3) is 0.200. The lowest BCUT2D eigenvalue weighted by atomic mass is 10.1. The van der Waals surface area contributed by atoms with Gasteiger partial charge in [0.2, 0.25) is 0 Å². The second-order valence-corrected chi connectivity index (χ2v) is 3.46. The second-order valence-electron chi connectivity index (χ2n) is 3.46. The normalized spacial score (nSPS) is 12.2. The molecule has 0 radical (unpaired) electrons. The summed E-state index contributed by atoms with van der Waals surface area (Å²) in [5, 5.41) is 35.8. The van der Waals surface area contributed by atoms with Gasteiger partial charge in [0, 0.05) is 11.1 Å². The molecule has 0 spiro atoms. The molecule has 1 aliphatic carbocycles. The standard InChI is InChI=1S/C10H12N4O3/c11-9-1-2-10(12-3-4-15)8-6-14(17)13(16)5-7(8)9/h1-2,5-6,11,15-17H,3-4H2. The van der Waals surface area contributed by atoms with E-state index in [0.717, 1.165) is 0 Å². The molecule has 90 valence electrons. The third kappa shape index (κ3) is 2.00. The molecule has 0 unspecified atom stereocenters. The molecule has 0 fully saturated rings. The van der Waals surface area contributed by atoms with Gasteiger partial charge in [-0.1, -0.05) is 9.69 Å². The molecule has 2 aliphatic rings. The molecule has 4 N–H and O–H groups in total. The second kappa shape index (κ2) is 4.30. The summed E-state index contributed by atoms with van der Waals surface area (Å²) in [6, 6.07) is 3.17. The van der Waals surface area contributed by atoms with Crippen LogP contribution in [0.2, 0.25) is 0 Å². The predicted molar refractivity (Wildman–Crippen MR) is 56.8 cm³/mol. The van der Waals surface area contributed by atoms with Gasteiger partial charge in [0.1, 0.15) is 0 Å². The van der Waals surface area contributed by atoms with Gasteiger partial charge in [0.05, 0.1) is 36.3 Å². The summed E-state index contributed by atoms with van der Waals surface area (Å²) in [6.07, 6.45) is 2.47. The number of rotatable bonds is 2. The van der Waals surface area contributed by atoms with Gasteiger partial charge in [-0.2, -0.15) is 0 Å². The van der Waals surface area contributed by atoms with Gasteiger partial charge in [-0.15, -0.1) is 0 Å². The van der Waals surface area contributed by atoms with E-state index in [2.05, 4.69) is 4.99 Å².